The summed E-state index contributed by atoms with van der Waals surface area (Å²) in [6, 6.07) is 0. The van der Waals surface area contributed by atoms with Gasteiger partial charge in [0.25, 0.3) is 0 Å². The van der Waals surface area contributed by atoms with Crippen molar-refractivity contribution in [3.8, 4) is 0 Å². The number of ether oxygens (including phenoxy) is 1. The van der Waals surface area contributed by atoms with Gasteiger partial charge >= 0.3 is 5.97 Å². The number of esters is 1. The molecule has 5 heteroatoms. The zero-order valence-corrected chi connectivity index (χ0v) is 9.79. The third-order valence-corrected chi connectivity index (χ3v) is 1.69. The minimum absolute atomic E-state index is 0.250. The molecule has 0 saturated carbocycles. The molecule has 0 spiro atoms. The lowest BCUT2D eigenvalue weighted by Crippen LogP contribution is -2.44. The summed E-state index contributed by atoms with van der Waals surface area (Å²) >= 11 is 0. The van der Waals surface area contributed by atoms with Crippen molar-refractivity contribution < 1.29 is 24.2 Å². The van der Waals surface area contributed by atoms with Crippen LogP contribution in [0.1, 0.15) is 34.6 Å². The highest BCUT2D eigenvalue weighted by atomic mass is 16.6. The first-order valence-electron chi connectivity index (χ1n) is 4.54. The van der Waals surface area contributed by atoms with E-state index < -0.39 is 23.1 Å². The van der Waals surface area contributed by atoms with Crippen molar-refractivity contribution in [3.63, 3.8) is 0 Å². The normalized spacial score (nSPS) is 9.73. The summed E-state index contributed by atoms with van der Waals surface area (Å²) in [6.07, 6.45) is 0. The monoisotopic (exact) mass is 218 g/mol. The van der Waals surface area contributed by atoms with Crippen LogP contribution in [-0.2, 0) is 19.1 Å². The topological polar surface area (TPSA) is 80.7 Å². The molecule has 0 radical (unpaired) electrons. The fourth-order valence-corrected chi connectivity index (χ4v) is 0.679. The van der Waals surface area contributed by atoms with E-state index in [2.05, 4.69) is 4.74 Å². The van der Waals surface area contributed by atoms with E-state index in [-0.39, 0.29) is 6.61 Å². The molecule has 5 nitrogen and oxygen atoms in total. The van der Waals surface area contributed by atoms with Crippen LogP contribution in [0, 0.1) is 0 Å². The summed E-state index contributed by atoms with van der Waals surface area (Å²) in [5.41, 5.74) is -1.61. The van der Waals surface area contributed by atoms with Crippen LogP contribution in [0.15, 0.2) is 0 Å². The average molecular weight is 218 g/mol. The second kappa shape index (κ2) is 7.11. The Hall–Kier alpha value is -1.23. The molecule has 0 amide bonds. The summed E-state index contributed by atoms with van der Waals surface area (Å²) in [5, 5.41) is 7.57. The molecule has 0 aromatic heterocycles. The predicted molar refractivity (Wildman–Crippen MR) is 54.3 cm³/mol. The van der Waals surface area contributed by atoms with Crippen LogP contribution in [0.3, 0.4) is 0 Å². The second-order valence-corrected chi connectivity index (χ2v) is 3.06. The van der Waals surface area contributed by atoms with E-state index in [1.165, 1.54) is 20.8 Å². The molecule has 0 aliphatic rings. The molecular weight excluding hydrogens is 200 g/mol. The van der Waals surface area contributed by atoms with E-state index in [1.807, 2.05) is 0 Å². The second-order valence-electron chi connectivity index (χ2n) is 3.06. The minimum Gasteiger partial charge on any atom is -0.443 e. The molecule has 0 saturated heterocycles. The quantitative estimate of drug-likeness (QED) is 0.550. The Labute approximate surface area is 89.4 Å². The van der Waals surface area contributed by atoms with Gasteiger partial charge in [-0.2, -0.15) is 0 Å². The Morgan fingerprint density at radius 2 is 1.40 bits per heavy atom. The Morgan fingerprint density at radius 1 is 1.13 bits per heavy atom. The lowest BCUT2D eigenvalue weighted by molar-refractivity contribution is -0.168. The maximum absolute atomic E-state index is 10.9. The molecule has 0 unspecified atom stereocenters. The maximum atomic E-state index is 10.9. The van der Waals surface area contributed by atoms with Crippen molar-refractivity contribution in [2.24, 2.45) is 0 Å². The first kappa shape index (κ1) is 16.2. The number of hydrogen-bond acceptors (Lipinski definition) is 5. The molecule has 0 atom stereocenters. The van der Waals surface area contributed by atoms with Gasteiger partial charge in [0.05, 0.1) is 0 Å². The third kappa shape index (κ3) is 5.96. The van der Waals surface area contributed by atoms with Gasteiger partial charge in [0.15, 0.2) is 11.6 Å². The number of aliphatic hydroxyl groups is 1. The number of rotatable bonds is 3. The standard InChI is InChI=1S/C8H12O4.C2H6O/c1-5(9)8(4,6(2)10)12-7(3)11;1-2-3/h1-4H3;3H,2H2,1H3. The molecule has 0 bridgehead atoms. The molecule has 15 heavy (non-hydrogen) atoms. The SMILES string of the molecule is CC(=O)OC(C)(C(C)=O)C(C)=O.CCO. The van der Waals surface area contributed by atoms with Crippen molar-refractivity contribution in [2.75, 3.05) is 6.61 Å². The summed E-state index contributed by atoms with van der Waals surface area (Å²) in [5.74, 6) is -1.57. The summed E-state index contributed by atoms with van der Waals surface area (Å²) in [4.78, 5) is 32.4. The van der Waals surface area contributed by atoms with Crippen molar-refractivity contribution in [1.82, 2.24) is 0 Å². The van der Waals surface area contributed by atoms with Crippen LogP contribution < -0.4 is 0 Å². The molecule has 0 rings (SSSR count). The highest BCUT2D eigenvalue weighted by Crippen LogP contribution is 2.13. The van der Waals surface area contributed by atoms with Crippen molar-refractivity contribution >= 4 is 17.5 Å². The number of Topliss-reactive ketones (excluding diaryl/α,β-unsaturated/α-hetero) is 2. The van der Waals surface area contributed by atoms with Gasteiger partial charge in [0, 0.05) is 13.5 Å². The molecule has 0 aromatic carbocycles. The molecule has 0 aliphatic heterocycles. The van der Waals surface area contributed by atoms with E-state index >= 15 is 0 Å². The highest BCUT2D eigenvalue weighted by Gasteiger charge is 2.38. The molecular formula is C10H18O5. The lowest BCUT2D eigenvalue weighted by Gasteiger charge is -2.22. The Balaban J connectivity index is 0. The number of carbonyl (C=O) groups excluding carboxylic acids is 3. The van der Waals surface area contributed by atoms with E-state index in [9.17, 15) is 14.4 Å². The van der Waals surface area contributed by atoms with Gasteiger partial charge < -0.3 is 9.84 Å². The maximum Gasteiger partial charge on any atom is 0.304 e. The molecule has 0 heterocycles. The highest BCUT2D eigenvalue weighted by molar-refractivity contribution is 6.09. The number of ketones is 2. The van der Waals surface area contributed by atoms with Crippen LogP contribution in [0.5, 0.6) is 0 Å². The summed E-state index contributed by atoms with van der Waals surface area (Å²) in [6.45, 7) is 6.80. The van der Waals surface area contributed by atoms with E-state index in [1.54, 1.807) is 6.92 Å². The smallest absolute Gasteiger partial charge is 0.304 e. The van der Waals surface area contributed by atoms with Gasteiger partial charge in [-0.1, -0.05) is 0 Å². The molecule has 0 aliphatic carbocycles. The number of carbonyl (C=O) groups is 3. The van der Waals surface area contributed by atoms with Crippen LogP contribution in [0.4, 0.5) is 0 Å². The first-order valence-corrected chi connectivity index (χ1v) is 4.54. The van der Waals surface area contributed by atoms with Gasteiger partial charge in [-0.15, -0.1) is 0 Å². The van der Waals surface area contributed by atoms with Gasteiger partial charge in [-0.25, -0.2) is 0 Å². The average Bonchev–Trinajstić information content (AvgIpc) is 2.03. The van der Waals surface area contributed by atoms with Crippen LogP contribution in [-0.4, -0.2) is 34.9 Å². The van der Waals surface area contributed by atoms with Gasteiger partial charge in [-0.05, 0) is 27.7 Å². The largest absolute Gasteiger partial charge is 0.443 e. The van der Waals surface area contributed by atoms with Gasteiger partial charge in [-0.3, -0.25) is 14.4 Å². The number of aliphatic hydroxyl groups excluding tert-OH is 1. The number of hydrogen-bond donors (Lipinski definition) is 1. The fourth-order valence-electron chi connectivity index (χ4n) is 0.679. The van der Waals surface area contributed by atoms with Crippen LogP contribution in [0.25, 0.3) is 0 Å². The predicted octanol–water partition coefficient (Wildman–Crippen LogP) is 0.485. The van der Waals surface area contributed by atoms with Crippen LogP contribution >= 0.6 is 0 Å². The molecule has 1 N–H and O–H groups in total. The lowest BCUT2D eigenvalue weighted by atomic mass is 9.97. The van der Waals surface area contributed by atoms with E-state index in [0.717, 1.165) is 6.92 Å². The first-order chi connectivity index (χ1) is 6.72. The third-order valence-electron chi connectivity index (χ3n) is 1.69. The zero-order chi connectivity index (χ0) is 12.6. The van der Waals surface area contributed by atoms with Crippen molar-refractivity contribution in [2.45, 2.75) is 40.2 Å². The Morgan fingerprint density at radius 3 is 1.47 bits per heavy atom. The fraction of sp³-hybridized carbons (Fsp3) is 0.700. The Bertz CT molecular complexity index is 230. The molecule has 0 fully saturated rings. The van der Waals surface area contributed by atoms with Crippen molar-refractivity contribution in [1.29, 1.82) is 0 Å². The van der Waals surface area contributed by atoms with Crippen molar-refractivity contribution in [3.05, 3.63) is 0 Å². The molecule has 88 valence electrons. The molecule has 0 aromatic rings. The Kier molecular flexibility index (Phi) is 7.69. The van der Waals surface area contributed by atoms with Gasteiger partial charge in [0.2, 0.25) is 5.60 Å². The van der Waals surface area contributed by atoms with E-state index in [0.29, 0.717) is 0 Å². The van der Waals surface area contributed by atoms with Crippen LogP contribution in [0.2, 0.25) is 0 Å². The van der Waals surface area contributed by atoms with Gasteiger partial charge in [0.1, 0.15) is 0 Å². The summed E-state index contributed by atoms with van der Waals surface area (Å²) < 4.78 is 4.62. The minimum atomic E-state index is -1.61. The summed E-state index contributed by atoms with van der Waals surface area (Å²) in [7, 11) is 0. The van der Waals surface area contributed by atoms with E-state index in [4.69, 9.17) is 5.11 Å². The zero-order valence-electron chi connectivity index (χ0n) is 9.79.